The summed E-state index contributed by atoms with van der Waals surface area (Å²) in [6.07, 6.45) is 6.88. The van der Waals surface area contributed by atoms with E-state index in [0.717, 1.165) is 30.2 Å². The highest BCUT2D eigenvalue weighted by Crippen LogP contribution is 2.39. The average Bonchev–Trinajstić information content (AvgIpc) is 3.14. The molecule has 0 aromatic carbocycles. The van der Waals surface area contributed by atoms with E-state index in [-0.39, 0.29) is 5.54 Å². The second kappa shape index (κ2) is 5.27. The minimum absolute atomic E-state index is 0.223. The number of hydrogen-bond acceptors (Lipinski definition) is 2. The van der Waals surface area contributed by atoms with Crippen molar-refractivity contribution < 1.29 is 0 Å². The molecular formula is C15H30N2. The number of rotatable bonds is 5. The first-order valence-corrected chi connectivity index (χ1v) is 7.52. The lowest BCUT2D eigenvalue weighted by atomic mass is 9.69. The van der Waals surface area contributed by atoms with Gasteiger partial charge in [-0.05, 0) is 55.9 Å². The molecule has 2 rings (SSSR count). The van der Waals surface area contributed by atoms with Crippen LogP contribution in [0.2, 0.25) is 0 Å². The average molecular weight is 238 g/mol. The first-order valence-electron chi connectivity index (χ1n) is 7.52. The van der Waals surface area contributed by atoms with Crippen LogP contribution in [0, 0.1) is 23.7 Å². The standard InChI is InChI=1S/C15H30N2/c1-11-4-5-13(3)15(8-11,10-16)17-9-12(2)14-6-7-14/h11-14,17H,4-10,16H2,1-3H3. The molecule has 3 N–H and O–H groups in total. The Bertz CT molecular complexity index is 249. The number of hydrogen-bond donors (Lipinski definition) is 2. The Hall–Kier alpha value is -0.0800. The zero-order chi connectivity index (χ0) is 12.5. The van der Waals surface area contributed by atoms with Crippen molar-refractivity contribution in [1.82, 2.24) is 5.32 Å². The van der Waals surface area contributed by atoms with Gasteiger partial charge in [0.25, 0.3) is 0 Å². The van der Waals surface area contributed by atoms with Crippen LogP contribution in [0.5, 0.6) is 0 Å². The molecule has 2 nitrogen and oxygen atoms in total. The van der Waals surface area contributed by atoms with Crippen LogP contribution in [0.15, 0.2) is 0 Å². The van der Waals surface area contributed by atoms with Gasteiger partial charge in [0.15, 0.2) is 0 Å². The topological polar surface area (TPSA) is 38.0 Å². The summed E-state index contributed by atoms with van der Waals surface area (Å²) < 4.78 is 0. The van der Waals surface area contributed by atoms with Crippen LogP contribution < -0.4 is 11.1 Å². The quantitative estimate of drug-likeness (QED) is 0.773. The highest BCUT2D eigenvalue weighted by Gasteiger charge is 2.40. The minimum Gasteiger partial charge on any atom is -0.329 e. The fourth-order valence-corrected chi connectivity index (χ4v) is 3.54. The van der Waals surface area contributed by atoms with E-state index in [1.807, 2.05) is 0 Å². The SMILES string of the molecule is CC1CCC(C)C(CN)(NCC(C)C2CC2)C1. The van der Waals surface area contributed by atoms with Gasteiger partial charge in [0.2, 0.25) is 0 Å². The molecule has 2 saturated carbocycles. The first kappa shape index (κ1) is 13.4. The van der Waals surface area contributed by atoms with Crippen molar-refractivity contribution in [3.8, 4) is 0 Å². The van der Waals surface area contributed by atoms with Crippen LogP contribution in [0.1, 0.15) is 52.9 Å². The van der Waals surface area contributed by atoms with Gasteiger partial charge in [-0.2, -0.15) is 0 Å². The van der Waals surface area contributed by atoms with Crippen LogP contribution >= 0.6 is 0 Å². The van der Waals surface area contributed by atoms with E-state index in [9.17, 15) is 0 Å². The molecule has 0 saturated heterocycles. The third-order valence-corrected chi connectivity index (χ3v) is 5.32. The summed E-state index contributed by atoms with van der Waals surface area (Å²) in [6, 6.07) is 0. The minimum atomic E-state index is 0.223. The largest absolute Gasteiger partial charge is 0.329 e. The monoisotopic (exact) mass is 238 g/mol. The maximum Gasteiger partial charge on any atom is 0.0332 e. The lowest BCUT2D eigenvalue weighted by molar-refractivity contribution is 0.120. The molecule has 2 fully saturated rings. The Balaban J connectivity index is 1.91. The zero-order valence-electron chi connectivity index (χ0n) is 11.8. The maximum absolute atomic E-state index is 6.11. The molecule has 0 heterocycles. The molecule has 0 aromatic rings. The van der Waals surface area contributed by atoms with Gasteiger partial charge in [-0.25, -0.2) is 0 Å². The third-order valence-electron chi connectivity index (χ3n) is 5.32. The van der Waals surface area contributed by atoms with E-state index >= 15 is 0 Å². The van der Waals surface area contributed by atoms with Crippen molar-refractivity contribution in [2.24, 2.45) is 29.4 Å². The molecule has 0 spiro atoms. The summed E-state index contributed by atoms with van der Waals surface area (Å²) in [5.41, 5.74) is 6.33. The fourth-order valence-electron chi connectivity index (χ4n) is 3.54. The molecule has 0 bridgehead atoms. The normalized spacial score (nSPS) is 40.2. The molecule has 0 amide bonds. The van der Waals surface area contributed by atoms with Crippen LogP contribution in [0.3, 0.4) is 0 Å². The molecule has 2 heteroatoms. The molecule has 4 atom stereocenters. The summed E-state index contributed by atoms with van der Waals surface area (Å²) in [5, 5.41) is 3.86. The highest BCUT2D eigenvalue weighted by molar-refractivity contribution is 4.98. The molecule has 0 radical (unpaired) electrons. The summed E-state index contributed by atoms with van der Waals surface area (Å²) in [4.78, 5) is 0. The van der Waals surface area contributed by atoms with Crippen molar-refractivity contribution in [3.63, 3.8) is 0 Å². The second-order valence-electron chi connectivity index (χ2n) is 6.84. The molecule has 2 aliphatic rings. The van der Waals surface area contributed by atoms with Gasteiger partial charge in [-0.3, -0.25) is 0 Å². The van der Waals surface area contributed by atoms with E-state index < -0.39 is 0 Å². The molecule has 4 unspecified atom stereocenters. The zero-order valence-corrected chi connectivity index (χ0v) is 11.8. The predicted molar refractivity (Wildman–Crippen MR) is 73.9 cm³/mol. The lowest BCUT2D eigenvalue weighted by Gasteiger charge is -2.46. The van der Waals surface area contributed by atoms with Gasteiger partial charge in [-0.15, -0.1) is 0 Å². The second-order valence-corrected chi connectivity index (χ2v) is 6.84. The Morgan fingerprint density at radius 2 is 1.94 bits per heavy atom. The van der Waals surface area contributed by atoms with Crippen molar-refractivity contribution in [2.45, 2.75) is 58.4 Å². The summed E-state index contributed by atoms with van der Waals surface area (Å²) >= 11 is 0. The molecular weight excluding hydrogens is 208 g/mol. The van der Waals surface area contributed by atoms with E-state index in [0.29, 0.717) is 0 Å². The predicted octanol–water partition coefficient (Wildman–Crippen LogP) is 2.78. The molecule has 0 aromatic heterocycles. The van der Waals surface area contributed by atoms with Crippen LogP contribution in [-0.4, -0.2) is 18.6 Å². The lowest BCUT2D eigenvalue weighted by Crippen LogP contribution is -2.59. The van der Waals surface area contributed by atoms with Gasteiger partial charge >= 0.3 is 0 Å². The smallest absolute Gasteiger partial charge is 0.0332 e. The number of nitrogens with one attached hydrogen (secondary N) is 1. The van der Waals surface area contributed by atoms with Crippen molar-refractivity contribution in [2.75, 3.05) is 13.1 Å². The molecule has 0 aliphatic heterocycles. The Morgan fingerprint density at radius 1 is 1.24 bits per heavy atom. The van der Waals surface area contributed by atoms with Gasteiger partial charge < -0.3 is 11.1 Å². The van der Waals surface area contributed by atoms with Crippen LogP contribution in [-0.2, 0) is 0 Å². The van der Waals surface area contributed by atoms with Gasteiger partial charge in [0.05, 0.1) is 0 Å². The Morgan fingerprint density at radius 3 is 2.53 bits per heavy atom. The highest BCUT2D eigenvalue weighted by atomic mass is 15.0. The summed E-state index contributed by atoms with van der Waals surface area (Å²) in [5.74, 6) is 3.39. The van der Waals surface area contributed by atoms with E-state index in [1.54, 1.807) is 0 Å². The Labute approximate surface area is 107 Å². The van der Waals surface area contributed by atoms with Crippen molar-refractivity contribution in [1.29, 1.82) is 0 Å². The van der Waals surface area contributed by atoms with Crippen molar-refractivity contribution in [3.05, 3.63) is 0 Å². The first-order chi connectivity index (χ1) is 8.07. The maximum atomic E-state index is 6.11. The number of nitrogens with two attached hydrogens (primary N) is 1. The van der Waals surface area contributed by atoms with E-state index in [4.69, 9.17) is 5.73 Å². The van der Waals surface area contributed by atoms with E-state index in [2.05, 4.69) is 26.1 Å². The van der Waals surface area contributed by atoms with Crippen molar-refractivity contribution >= 4 is 0 Å². The molecule has 100 valence electrons. The molecule has 17 heavy (non-hydrogen) atoms. The fraction of sp³-hybridized carbons (Fsp3) is 1.00. The third kappa shape index (κ3) is 3.03. The Kier molecular flexibility index (Phi) is 4.14. The molecule has 2 aliphatic carbocycles. The van der Waals surface area contributed by atoms with Gasteiger partial charge in [0, 0.05) is 12.1 Å². The van der Waals surface area contributed by atoms with Gasteiger partial charge in [0.1, 0.15) is 0 Å². The van der Waals surface area contributed by atoms with Gasteiger partial charge in [-0.1, -0.05) is 27.2 Å². The van der Waals surface area contributed by atoms with E-state index in [1.165, 1.54) is 38.6 Å². The van der Waals surface area contributed by atoms with Crippen LogP contribution in [0.25, 0.3) is 0 Å². The van der Waals surface area contributed by atoms with Crippen LogP contribution in [0.4, 0.5) is 0 Å². The summed E-state index contributed by atoms with van der Waals surface area (Å²) in [7, 11) is 0. The summed E-state index contributed by atoms with van der Waals surface area (Å²) in [6.45, 7) is 9.12.